The van der Waals surface area contributed by atoms with Crippen molar-refractivity contribution in [2.75, 3.05) is 11.4 Å². The van der Waals surface area contributed by atoms with Crippen LogP contribution in [-0.2, 0) is 4.79 Å². The summed E-state index contributed by atoms with van der Waals surface area (Å²) in [6.07, 6.45) is 3.37. The number of benzene rings is 1. The van der Waals surface area contributed by atoms with E-state index in [9.17, 15) is 14.3 Å². The lowest BCUT2D eigenvalue weighted by Gasteiger charge is -2.30. The van der Waals surface area contributed by atoms with Gasteiger partial charge in [0, 0.05) is 6.04 Å². The largest absolute Gasteiger partial charge is 0.389 e. The fourth-order valence-electron chi connectivity index (χ4n) is 2.81. The molecular weight excluding hydrogens is 259 g/mol. The maximum Gasteiger partial charge on any atom is 0.236 e. The number of amides is 1. The summed E-state index contributed by atoms with van der Waals surface area (Å²) in [4.78, 5) is 13.0. The summed E-state index contributed by atoms with van der Waals surface area (Å²) in [5, 5.41) is 9.48. The lowest BCUT2D eigenvalue weighted by atomic mass is 10.1. The molecule has 110 valence electrons. The van der Waals surface area contributed by atoms with Crippen molar-refractivity contribution in [3.63, 3.8) is 0 Å². The first-order chi connectivity index (χ1) is 9.49. The summed E-state index contributed by atoms with van der Waals surface area (Å²) in [6.45, 7) is 1.61. The molecule has 20 heavy (non-hydrogen) atoms. The van der Waals surface area contributed by atoms with Gasteiger partial charge >= 0.3 is 0 Å². The highest BCUT2D eigenvalue weighted by Gasteiger charge is 2.26. The Bertz CT molecular complexity index is 485. The van der Waals surface area contributed by atoms with E-state index in [-0.39, 0.29) is 12.6 Å². The highest BCUT2D eigenvalue weighted by atomic mass is 19.1. The molecule has 1 aromatic carbocycles. The molecule has 3 N–H and O–H groups in total. The summed E-state index contributed by atoms with van der Waals surface area (Å²) in [7, 11) is 0. The molecule has 2 rings (SSSR count). The van der Waals surface area contributed by atoms with Crippen molar-refractivity contribution < 1.29 is 14.3 Å². The van der Waals surface area contributed by atoms with E-state index in [0.29, 0.717) is 11.3 Å². The molecule has 1 unspecified atom stereocenters. The van der Waals surface area contributed by atoms with Crippen molar-refractivity contribution in [1.29, 1.82) is 0 Å². The van der Waals surface area contributed by atoms with Crippen LogP contribution < -0.4 is 10.6 Å². The fraction of sp³-hybridized carbons (Fsp3) is 0.533. The van der Waals surface area contributed by atoms with Crippen molar-refractivity contribution in [2.45, 2.75) is 44.8 Å². The molecule has 0 bridgehead atoms. The molecule has 5 heteroatoms. The minimum absolute atomic E-state index is 0.0234. The number of hydrogen-bond acceptors (Lipinski definition) is 3. The van der Waals surface area contributed by atoms with Gasteiger partial charge in [0.2, 0.25) is 5.91 Å². The number of primary amides is 1. The second-order valence-corrected chi connectivity index (χ2v) is 5.42. The van der Waals surface area contributed by atoms with Crippen LogP contribution in [-0.4, -0.2) is 23.6 Å². The molecule has 0 spiro atoms. The van der Waals surface area contributed by atoms with Crippen LogP contribution in [0.3, 0.4) is 0 Å². The zero-order valence-corrected chi connectivity index (χ0v) is 11.7. The van der Waals surface area contributed by atoms with Crippen LogP contribution >= 0.6 is 0 Å². The van der Waals surface area contributed by atoms with Gasteiger partial charge in [0.15, 0.2) is 0 Å². The Morgan fingerprint density at radius 2 is 2.15 bits per heavy atom. The summed E-state index contributed by atoms with van der Waals surface area (Å²) in [5.41, 5.74) is 6.20. The van der Waals surface area contributed by atoms with Gasteiger partial charge in [0.1, 0.15) is 5.82 Å². The summed E-state index contributed by atoms with van der Waals surface area (Å²) < 4.78 is 14.3. The number of halogens is 1. The van der Waals surface area contributed by atoms with Crippen LogP contribution in [0.15, 0.2) is 18.2 Å². The van der Waals surface area contributed by atoms with E-state index in [2.05, 4.69) is 0 Å². The number of nitrogens with zero attached hydrogens (tertiary/aromatic N) is 1. The van der Waals surface area contributed by atoms with E-state index in [4.69, 9.17) is 5.73 Å². The first-order valence-corrected chi connectivity index (χ1v) is 7.01. The van der Waals surface area contributed by atoms with Crippen LogP contribution in [0.5, 0.6) is 0 Å². The number of hydrogen-bond donors (Lipinski definition) is 2. The Balaban J connectivity index is 2.30. The van der Waals surface area contributed by atoms with Gasteiger partial charge in [-0.1, -0.05) is 18.9 Å². The molecule has 0 aromatic heterocycles. The third kappa shape index (κ3) is 3.28. The average Bonchev–Trinajstić information content (AvgIpc) is 2.89. The lowest BCUT2D eigenvalue weighted by molar-refractivity contribution is -0.116. The molecule has 1 fully saturated rings. The number of aliphatic hydroxyl groups is 1. The molecule has 1 amide bonds. The highest BCUT2D eigenvalue weighted by molar-refractivity contribution is 5.79. The predicted molar refractivity (Wildman–Crippen MR) is 75.8 cm³/mol. The van der Waals surface area contributed by atoms with Gasteiger partial charge in [-0.2, -0.15) is 0 Å². The van der Waals surface area contributed by atoms with Gasteiger partial charge in [-0.3, -0.25) is 4.79 Å². The van der Waals surface area contributed by atoms with Crippen molar-refractivity contribution in [1.82, 2.24) is 0 Å². The molecule has 1 atom stereocenters. The summed E-state index contributed by atoms with van der Waals surface area (Å²) >= 11 is 0. The number of carbonyl (C=O) groups is 1. The van der Waals surface area contributed by atoms with E-state index >= 15 is 0 Å². The third-order valence-electron chi connectivity index (χ3n) is 3.86. The first-order valence-electron chi connectivity index (χ1n) is 7.01. The predicted octanol–water partition coefficient (Wildman–Crippen LogP) is 2.11. The molecule has 1 aliphatic rings. The maximum absolute atomic E-state index is 14.3. The van der Waals surface area contributed by atoms with Crippen LogP contribution in [0.2, 0.25) is 0 Å². The molecule has 1 aliphatic carbocycles. The molecule has 1 saturated carbocycles. The van der Waals surface area contributed by atoms with Crippen LogP contribution in [0.1, 0.15) is 44.3 Å². The van der Waals surface area contributed by atoms with Crippen molar-refractivity contribution in [3.05, 3.63) is 29.6 Å². The van der Waals surface area contributed by atoms with Gasteiger partial charge in [-0.25, -0.2) is 4.39 Å². The molecule has 0 heterocycles. The molecule has 0 radical (unpaired) electrons. The number of aliphatic hydroxyl groups excluding tert-OH is 1. The smallest absolute Gasteiger partial charge is 0.236 e. The quantitative estimate of drug-likeness (QED) is 0.868. The topological polar surface area (TPSA) is 66.6 Å². The lowest BCUT2D eigenvalue weighted by Crippen LogP contribution is -2.40. The van der Waals surface area contributed by atoms with Gasteiger partial charge in [-0.05, 0) is 37.5 Å². The number of rotatable bonds is 5. The Morgan fingerprint density at radius 1 is 1.50 bits per heavy atom. The average molecular weight is 280 g/mol. The third-order valence-corrected chi connectivity index (χ3v) is 3.86. The monoisotopic (exact) mass is 280 g/mol. The second kappa shape index (κ2) is 6.22. The minimum Gasteiger partial charge on any atom is -0.389 e. The second-order valence-electron chi connectivity index (χ2n) is 5.42. The van der Waals surface area contributed by atoms with Crippen LogP contribution in [0, 0.1) is 5.82 Å². The first kappa shape index (κ1) is 14.8. The fourth-order valence-corrected chi connectivity index (χ4v) is 2.81. The van der Waals surface area contributed by atoms with E-state index in [0.717, 1.165) is 25.7 Å². The molecule has 1 aromatic rings. The molecule has 0 aliphatic heterocycles. The van der Waals surface area contributed by atoms with Gasteiger partial charge in [0.25, 0.3) is 0 Å². The SMILES string of the molecule is CC(O)c1ccc(N(CC(N)=O)C2CCCC2)c(F)c1. The van der Waals surface area contributed by atoms with Crippen molar-refractivity contribution >= 4 is 11.6 Å². The standard InChI is InChI=1S/C15H21FN2O2/c1-10(19)11-6-7-14(13(16)8-11)18(9-15(17)20)12-4-2-3-5-12/h6-8,10,12,19H,2-5,9H2,1H3,(H2,17,20). The van der Waals surface area contributed by atoms with Crippen LogP contribution in [0.4, 0.5) is 10.1 Å². The van der Waals surface area contributed by atoms with E-state index < -0.39 is 17.8 Å². The normalized spacial score (nSPS) is 17.1. The Kier molecular flexibility index (Phi) is 4.60. The van der Waals surface area contributed by atoms with Gasteiger partial charge < -0.3 is 15.7 Å². The Morgan fingerprint density at radius 3 is 2.65 bits per heavy atom. The zero-order chi connectivity index (χ0) is 14.7. The van der Waals surface area contributed by atoms with Crippen LogP contribution in [0.25, 0.3) is 0 Å². The minimum atomic E-state index is -0.713. The Labute approximate surface area is 118 Å². The maximum atomic E-state index is 14.3. The number of carbonyl (C=O) groups excluding carboxylic acids is 1. The van der Waals surface area contributed by atoms with Gasteiger partial charge in [0.05, 0.1) is 18.3 Å². The van der Waals surface area contributed by atoms with E-state index in [1.807, 2.05) is 0 Å². The zero-order valence-electron chi connectivity index (χ0n) is 11.7. The molecule has 4 nitrogen and oxygen atoms in total. The highest BCUT2D eigenvalue weighted by Crippen LogP contribution is 2.31. The van der Waals surface area contributed by atoms with Crippen molar-refractivity contribution in [3.8, 4) is 0 Å². The Hall–Kier alpha value is -1.62. The summed E-state index contributed by atoms with van der Waals surface area (Å²) in [6, 6.07) is 4.79. The van der Waals surface area contributed by atoms with E-state index in [1.54, 1.807) is 24.0 Å². The van der Waals surface area contributed by atoms with Crippen molar-refractivity contribution in [2.24, 2.45) is 5.73 Å². The number of nitrogens with two attached hydrogens (primary N) is 1. The van der Waals surface area contributed by atoms with E-state index in [1.165, 1.54) is 6.07 Å². The van der Waals surface area contributed by atoms with Gasteiger partial charge in [-0.15, -0.1) is 0 Å². The summed E-state index contributed by atoms with van der Waals surface area (Å²) in [5.74, 6) is -0.882. The molecular formula is C15H21FN2O2. The molecule has 0 saturated heterocycles. The number of anilines is 1.